The van der Waals surface area contributed by atoms with Gasteiger partial charge in [0.05, 0.1) is 0 Å². The van der Waals surface area contributed by atoms with Crippen LogP contribution in [-0.2, 0) is 0 Å². The molecule has 1 nitrogen and oxygen atoms in total. The maximum absolute atomic E-state index is 3.29. The van der Waals surface area contributed by atoms with E-state index in [1.807, 2.05) is 0 Å². The summed E-state index contributed by atoms with van der Waals surface area (Å²) in [5, 5.41) is 3.29. The lowest BCUT2D eigenvalue weighted by Crippen LogP contribution is -2.27. The molecule has 2 bridgehead atoms. The van der Waals surface area contributed by atoms with Crippen molar-refractivity contribution >= 4 is 0 Å². The van der Waals surface area contributed by atoms with E-state index in [0.29, 0.717) is 0 Å². The summed E-state index contributed by atoms with van der Waals surface area (Å²) < 4.78 is 0. The second-order valence-electron chi connectivity index (χ2n) is 4.03. The first kappa shape index (κ1) is 7.35. The summed E-state index contributed by atoms with van der Waals surface area (Å²) >= 11 is 0. The molecule has 0 aromatic heterocycles. The van der Waals surface area contributed by atoms with Crippen molar-refractivity contribution in [1.82, 2.24) is 5.32 Å². The molecule has 1 fully saturated rings. The Labute approximate surface area is 68.9 Å². The van der Waals surface area contributed by atoms with Crippen molar-refractivity contribution in [3.63, 3.8) is 0 Å². The van der Waals surface area contributed by atoms with Gasteiger partial charge in [-0.15, -0.1) is 0 Å². The minimum Gasteiger partial charge on any atom is -0.319 e. The van der Waals surface area contributed by atoms with Crippen molar-refractivity contribution < 1.29 is 0 Å². The van der Waals surface area contributed by atoms with Crippen LogP contribution in [0.2, 0.25) is 0 Å². The van der Waals surface area contributed by atoms with Gasteiger partial charge in [-0.05, 0) is 43.7 Å². The van der Waals surface area contributed by atoms with Crippen LogP contribution < -0.4 is 5.32 Å². The molecule has 2 aliphatic rings. The topological polar surface area (TPSA) is 12.0 Å². The third-order valence-electron chi connectivity index (χ3n) is 3.49. The lowest BCUT2D eigenvalue weighted by Gasteiger charge is -2.24. The van der Waals surface area contributed by atoms with E-state index in [9.17, 15) is 0 Å². The van der Waals surface area contributed by atoms with Crippen LogP contribution in [0.5, 0.6) is 0 Å². The van der Waals surface area contributed by atoms with Gasteiger partial charge in [-0.3, -0.25) is 0 Å². The molecule has 2 rings (SSSR count). The SMILES string of the molecule is CNCC1C2C=CC(C2)C1C. The monoisotopic (exact) mass is 151 g/mol. The molecule has 1 heteroatoms. The first-order valence-corrected chi connectivity index (χ1v) is 4.66. The molecule has 0 radical (unpaired) electrons. The molecule has 0 aromatic carbocycles. The van der Waals surface area contributed by atoms with E-state index in [-0.39, 0.29) is 0 Å². The van der Waals surface area contributed by atoms with Gasteiger partial charge in [0.15, 0.2) is 0 Å². The Balaban J connectivity index is 2.06. The molecular formula is C10H17N. The predicted molar refractivity (Wildman–Crippen MR) is 47.3 cm³/mol. The third-order valence-corrected chi connectivity index (χ3v) is 3.49. The zero-order chi connectivity index (χ0) is 7.84. The molecule has 4 unspecified atom stereocenters. The molecular weight excluding hydrogens is 134 g/mol. The lowest BCUT2D eigenvalue weighted by atomic mass is 9.84. The summed E-state index contributed by atoms with van der Waals surface area (Å²) in [7, 11) is 2.06. The first-order chi connectivity index (χ1) is 5.33. The molecule has 0 heterocycles. The summed E-state index contributed by atoms with van der Waals surface area (Å²) in [5.74, 6) is 3.62. The number of fused-ring (bicyclic) bond motifs is 2. The average Bonchev–Trinajstić information content (AvgIpc) is 2.54. The van der Waals surface area contributed by atoms with E-state index in [2.05, 4.69) is 31.4 Å². The highest BCUT2D eigenvalue weighted by Crippen LogP contribution is 2.47. The lowest BCUT2D eigenvalue weighted by molar-refractivity contribution is 0.327. The molecule has 4 atom stereocenters. The predicted octanol–water partition coefficient (Wildman–Crippen LogP) is 1.66. The van der Waals surface area contributed by atoms with Gasteiger partial charge in [0.25, 0.3) is 0 Å². The fourth-order valence-corrected chi connectivity index (χ4v) is 2.74. The summed E-state index contributed by atoms with van der Waals surface area (Å²) in [4.78, 5) is 0. The molecule has 1 saturated carbocycles. The molecule has 0 saturated heterocycles. The van der Waals surface area contributed by atoms with E-state index in [1.165, 1.54) is 13.0 Å². The van der Waals surface area contributed by atoms with Crippen LogP contribution in [-0.4, -0.2) is 13.6 Å². The van der Waals surface area contributed by atoms with Gasteiger partial charge in [0, 0.05) is 0 Å². The van der Waals surface area contributed by atoms with Crippen LogP contribution >= 0.6 is 0 Å². The fourth-order valence-electron chi connectivity index (χ4n) is 2.74. The summed E-state index contributed by atoms with van der Waals surface area (Å²) in [6.07, 6.45) is 6.27. The molecule has 0 amide bonds. The number of hydrogen-bond donors (Lipinski definition) is 1. The van der Waals surface area contributed by atoms with Crippen molar-refractivity contribution in [2.45, 2.75) is 13.3 Å². The standard InChI is InChI=1S/C10H17N/c1-7-8-3-4-9(5-8)10(7)6-11-2/h3-4,7-11H,5-6H2,1-2H3. The van der Waals surface area contributed by atoms with Crippen molar-refractivity contribution in [2.24, 2.45) is 23.7 Å². The minimum absolute atomic E-state index is 0.891. The Hall–Kier alpha value is -0.300. The molecule has 11 heavy (non-hydrogen) atoms. The Morgan fingerprint density at radius 2 is 2.09 bits per heavy atom. The normalized spacial score (nSPS) is 47.1. The van der Waals surface area contributed by atoms with Gasteiger partial charge in [-0.1, -0.05) is 19.1 Å². The average molecular weight is 151 g/mol. The Morgan fingerprint density at radius 1 is 1.36 bits per heavy atom. The summed E-state index contributed by atoms with van der Waals surface area (Å²) in [5.41, 5.74) is 0. The van der Waals surface area contributed by atoms with Crippen molar-refractivity contribution in [2.75, 3.05) is 13.6 Å². The number of rotatable bonds is 2. The van der Waals surface area contributed by atoms with Gasteiger partial charge in [-0.25, -0.2) is 0 Å². The van der Waals surface area contributed by atoms with E-state index in [0.717, 1.165) is 23.7 Å². The maximum atomic E-state index is 3.29. The highest BCUT2D eigenvalue weighted by molar-refractivity contribution is 5.12. The zero-order valence-corrected chi connectivity index (χ0v) is 7.38. The Bertz CT molecular complexity index is 174. The van der Waals surface area contributed by atoms with Crippen LogP contribution in [0.15, 0.2) is 12.2 Å². The summed E-state index contributed by atoms with van der Waals surface area (Å²) in [6.45, 7) is 3.60. The van der Waals surface area contributed by atoms with E-state index in [1.54, 1.807) is 0 Å². The smallest absolute Gasteiger partial charge is 0.00151 e. The number of hydrogen-bond acceptors (Lipinski definition) is 1. The zero-order valence-electron chi connectivity index (χ0n) is 7.38. The molecule has 1 N–H and O–H groups in total. The van der Waals surface area contributed by atoms with Crippen molar-refractivity contribution in [3.05, 3.63) is 12.2 Å². The molecule has 0 aromatic rings. The van der Waals surface area contributed by atoms with Gasteiger partial charge >= 0.3 is 0 Å². The van der Waals surface area contributed by atoms with Gasteiger partial charge < -0.3 is 5.32 Å². The van der Waals surface area contributed by atoms with E-state index < -0.39 is 0 Å². The van der Waals surface area contributed by atoms with Crippen LogP contribution in [0.3, 0.4) is 0 Å². The maximum Gasteiger partial charge on any atom is -0.00151 e. The van der Waals surface area contributed by atoms with E-state index >= 15 is 0 Å². The molecule has 0 aliphatic heterocycles. The van der Waals surface area contributed by atoms with Crippen LogP contribution in [0, 0.1) is 23.7 Å². The van der Waals surface area contributed by atoms with Crippen molar-refractivity contribution in [1.29, 1.82) is 0 Å². The first-order valence-electron chi connectivity index (χ1n) is 4.66. The van der Waals surface area contributed by atoms with Gasteiger partial charge in [0.1, 0.15) is 0 Å². The van der Waals surface area contributed by atoms with E-state index in [4.69, 9.17) is 0 Å². The second-order valence-corrected chi connectivity index (χ2v) is 4.03. The van der Waals surface area contributed by atoms with Crippen molar-refractivity contribution in [3.8, 4) is 0 Å². The Kier molecular flexibility index (Phi) is 1.76. The van der Waals surface area contributed by atoms with Crippen LogP contribution in [0.1, 0.15) is 13.3 Å². The Morgan fingerprint density at radius 3 is 2.64 bits per heavy atom. The second kappa shape index (κ2) is 2.63. The van der Waals surface area contributed by atoms with Gasteiger partial charge in [0.2, 0.25) is 0 Å². The molecule has 2 aliphatic carbocycles. The molecule has 0 spiro atoms. The van der Waals surface area contributed by atoms with Crippen LogP contribution in [0.4, 0.5) is 0 Å². The highest BCUT2D eigenvalue weighted by atomic mass is 14.8. The minimum atomic E-state index is 0.891. The summed E-state index contributed by atoms with van der Waals surface area (Å²) in [6, 6.07) is 0. The van der Waals surface area contributed by atoms with Gasteiger partial charge in [-0.2, -0.15) is 0 Å². The van der Waals surface area contributed by atoms with Crippen LogP contribution in [0.25, 0.3) is 0 Å². The third kappa shape index (κ3) is 1.02. The number of nitrogens with one attached hydrogen (secondary N) is 1. The quantitative estimate of drug-likeness (QED) is 0.592. The highest BCUT2D eigenvalue weighted by Gasteiger charge is 2.40. The molecule has 62 valence electrons. The fraction of sp³-hybridized carbons (Fsp3) is 0.800. The largest absolute Gasteiger partial charge is 0.319 e. The number of allylic oxidation sites excluding steroid dienone is 2.